The van der Waals surface area contributed by atoms with Gasteiger partial charge in [-0.3, -0.25) is 4.79 Å². The molecule has 3 heteroatoms. The van der Waals surface area contributed by atoms with Crippen LogP contribution in [0.4, 0.5) is 0 Å². The van der Waals surface area contributed by atoms with E-state index in [0.717, 1.165) is 24.4 Å². The first-order valence-corrected chi connectivity index (χ1v) is 7.27. The number of hydrogen-bond donors (Lipinski definition) is 2. The molecule has 0 saturated heterocycles. The Morgan fingerprint density at radius 1 is 1.40 bits per heavy atom. The Labute approximate surface area is 120 Å². The van der Waals surface area contributed by atoms with Gasteiger partial charge in [-0.25, -0.2) is 0 Å². The van der Waals surface area contributed by atoms with E-state index in [1.54, 1.807) is 12.1 Å². The predicted molar refractivity (Wildman–Crippen MR) is 79.3 cm³/mol. The van der Waals surface area contributed by atoms with E-state index in [0.29, 0.717) is 12.0 Å². The molecule has 0 radical (unpaired) electrons. The van der Waals surface area contributed by atoms with Crippen LogP contribution < -0.4 is 5.32 Å². The van der Waals surface area contributed by atoms with Crippen molar-refractivity contribution in [2.24, 2.45) is 5.92 Å². The molecule has 3 nitrogen and oxygen atoms in total. The summed E-state index contributed by atoms with van der Waals surface area (Å²) in [6.45, 7) is 0.818. The Kier molecular flexibility index (Phi) is 5.64. The minimum atomic E-state index is -0.0323. The van der Waals surface area contributed by atoms with E-state index >= 15 is 0 Å². The summed E-state index contributed by atoms with van der Waals surface area (Å²) in [6, 6.07) is 7.30. The van der Waals surface area contributed by atoms with Gasteiger partial charge >= 0.3 is 0 Å². The van der Waals surface area contributed by atoms with Crippen molar-refractivity contribution in [3.05, 3.63) is 35.4 Å². The van der Waals surface area contributed by atoms with Gasteiger partial charge in [0, 0.05) is 24.1 Å². The summed E-state index contributed by atoms with van der Waals surface area (Å²) in [5.41, 5.74) is 1.46. The summed E-state index contributed by atoms with van der Waals surface area (Å²) in [7, 11) is 0. The van der Waals surface area contributed by atoms with Crippen LogP contribution in [0.15, 0.2) is 24.3 Å². The molecule has 0 unspecified atom stereocenters. The summed E-state index contributed by atoms with van der Waals surface area (Å²) < 4.78 is 0. The molecule has 2 rings (SSSR count). The standard InChI is InChI=1S/C17H21NO2/c19-12-2-1-5-15-8-4-9-16(13-15)17(20)18-11-10-14-6-3-7-14/h4,8-9,13-14,19H,2-3,6-7,10-12H2,(H,18,20). The minimum absolute atomic E-state index is 0.0323. The third-order valence-corrected chi connectivity index (χ3v) is 3.66. The van der Waals surface area contributed by atoms with Crippen LogP contribution in [-0.2, 0) is 0 Å². The van der Waals surface area contributed by atoms with Gasteiger partial charge in [0.25, 0.3) is 5.91 Å². The van der Waals surface area contributed by atoms with E-state index in [2.05, 4.69) is 17.2 Å². The van der Waals surface area contributed by atoms with E-state index in [9.17, 15) is 4.79 Å². The highest BCUT2D eigenvalue weighted by Crippen LogP contribution is 2.28. The van der Waals surface area contributed by atoms with E-state index < -0.39 is 0 Å². The summed E-state index contributed by atoms with van der Waals surface area (Å²) in [5, 5.41) is 11.7. The number of nitrogens with one attached hydrogen (secondary N) is 1. The number of rotatable bonds is 5. The number of amides is 1. The molecule has 0 bridgehead atoms. The van der Waals surface area contributed by atoms with Crippen LogP contribution in [0.1, 0.15) is 48.0 Å². The van der Waals surface area contributed by atoms with Gasteiger partial charge < -0.3 is 10.4 Å². The molecule has 0 aromatic heterocycles. The van der Waals surface area contributed by atoms with Crippen molar-refractivity contribution < 1.29 is 9.90 Å². The number of hydrogen-bond acceptors (Lipinski definition) is 2. The predicted octanol–water partition coefficient (Wildman–Crippen LogP) is 2.34. The monoisotopic (exact) mass is 271 g/mol. The van der Waals surface area contributed by atoms with Crippen molar-refractivity contribution in [2.45, 2.75) is 32.1 Å². The molecular weight excluding hydrogens is 250 g/mol. The number of aliphatic hydroxyl groups is 1. The highest BCUT2D eigenvalue weighted by atomic mass is 16.2. The minimum Gasteiger partial charge on any atom is -0.395 e. The largest absolute Gasteiger partial charge is 0.395 e. The molecule has 1 fully saturated rings. The zero-order valence-electron chi connectivity index (χ0n) is 11.7. The van der Waals surface area contributed by atoms with E-state index in [1.165, 1.54) is 19.3 Å². The second-order valence-corrected chi connectivity index (χ2v) is 5.20. The van der Waals surface area contributed by atoms with Gasteiger partial charge in [-0.05, 0) is 30.5 Å². The lowest BCUT2D eigenvalue weighted by Gasteiger charge is -2.25. The van der Waals surface area contributed by atoms with Gasteiger partial charge in [0.15, 0.2) is 0 Å². The van der Waals surface area contributed by atoms with Gasteiger partial charge in [-0.2, -0.15) is 0 Å². The number of carbonyl (C=O) groups excluding carboxylic acids is 1. The van der Waals surface area contributed by atoms with Crippen LogP contribution >= 0.6 is 0 Å². The molecule has 1 aliphatic carbocycles. The molecule has 1 saturated carbocycles. The second kappa shape index (κ2) is 7.72. The quantitative estimate of drug-likeness (QED) is 0.808. The van der Waals surface area contributed by atoms with Gasteiger partial charge in [-0.1, -0.05) is 37.2 Å². The molecule has 0 heterocycles. The van der Waals surface area contributed by atoms with Gasteiger partial charge in [0.2, 0.25) is 0 Å². The SMILES string of the molecule is O=C(NCCC1CCC1)c1cccc(C#CCCO)c1. The van der Waals surface area contributed by atoms with E-state index in [-0.39, 0.29) is 12.5 Å². The van der Waals surface area contributed by atoms with Gasteiger partial charge in [-0.15, -0.1) is 0 Å². The third-order valence-electron chi connectivity index (χ3n) is 3.66. The zero-order chi connectivity index (χ0) is 14.2. The first-order valence-electron chi connectivity index (χ1n) is 7.27. The van der Waals surface area contributed by atoms with Crippen LogP contribution in [-0.4, -0.2) is 24.2 Å². The molecule has 0 aliphatic heterocycles. The Morgan fingerprint density at radius 3 is 2.95 bits per heavy atom. The normalized spacial score (nSPS) is 14.1. The summed E-state index contributed by atoms with van der Waals surface area (Å²) in [6.07, 6.45) is 5.50. The fraction of sp³-hybridized carbons (Fsp3) is 0.471. The molecule has 0 atom stereocenters. The molecule has 1 aromatic carbocycles. The Morgan fingerprint density at radius 2 is 2.25 bits per heavy atom. The van der Waals surface area contributed by atoms with Crippen LogP contribution in [0.3, 0.4) is 0 Å². The number of carbonyl (C=O) groups is 1. The first-order chi connectivity index (χ1) is 9.79. The molecule has 1 aromatic rings. The lowest BCUT2D eigenvalue weighted by atomic mass is 9.83. The lowest BCUT2D eigenvalue weighted by molar-refractivity contribution is 0.0949. The van der Waals surface area contributed by atoms with E-state index in [1.807, 2.05) is 12.1 Å². The Bertz CT molecular complexity index is 509. The smallest absolute Gasteiger partial charge is 0.251 e. The van der Waals surface area contributed by atoms with Gasteiger partial charge in [0.1, 0.15) is 0 Å². The molecule has 20 heavy (non-hydrogen) atoms. The van der Waals surface area contributed by atoms with Crippen LogP contribution in [0.2, 0.25) is 0 Å². The lowest BCUT2D eigenvalue weighted by Crippen LogP contribution is -2.27. The highest BCUT2D eigenvalue weighted by Gasteiger charge is 2.17. The molecule has 0 spiro atoms. The van der Waals surface area contributed by atoms with Crippen LogP contribution in [0.5, 0.6) is 0 Å². The molecule has 106 valence electrons. The zero-order valence-corrected chi connectivity index (χ0v) is 11.7. The Hall–Kier alpha value is -1.79. The first kappa shape index (κ1) is 14.6. The second-order valence-electron chi connectivity index (χ2n) is 5.20. The molecule has 1 amide bonds. The number of benzene rings is 1. The maximum Gasteiger partial charge on any atom is 0.251 e. The van der Waals surface area contributed by atoms with Crippen molar-refractivity contribution >= 4 is 5.91 Å². The van der Waals surface area contributed by atoms with Crippen molar-refractivity contribution in [1.82, 2.24) is 5.32 Å². The molecule has 1 aliphatic rings. The number of aliphatic hydroxyl groups excluding tert-OH is 1. The van der Waals surface area contributed by atoms with Crippen molar-refractivity contribution in [2.75, 3.05) is 13.2 Å². The van der Waals surface area contributed by atoms with Gasteiger partial charge in [0.05, 0.1) is 6.61 Å². The highest BCUT2D eigenvalue weighted by molar-refractivity contribution is 5.94. The van der Waals surface area contributed by atoms with E-state index in [4.69, 9.17) is 5.11 Å². The summed E-state index contributed by atoms with van der Waals surface area (Å²) >= 11 is 0. The molecular formula is C17H21NO2. The van der Waals surface area contributed by atoms with Crippen molar-refractivity contribution in [3.8, 4) is 11.8 Å². The fourth-order valence-corrected chi connectivity index (χ4v) is 2.23. The summed E-state index contributed by atoms with van der Waals surface area (Å²) in [5.74, 6) is 6.58. The maximum absolute atomic E-state index is 12.0. The topological polar surface area (TPSA) is 49.3 Å². The summed E-state index contributed by atoms with van der Waals surface area (Å²) in [4.78, 5) is 12.0. The van der Waals surface area contributed by atoms with Crippen LogP contribution in [0, 0.1) is 17.8 Å². The maximum atomic E-state index is 12.0. The average Bonchev–Trinajstić information content (AvgIpc) is 2.42. The fourth-order valence-electron chi connectivity index (χ4n) is 2.23. The Balaban J connectivity index is 1.85. The average molecular weight is 271 g/mol. The van der Waals surface area contributed by atoms with Crippen molar-refractivity contribution in [1.29, 1.82) is 0 Å². The third kappa shape index (κ3) is 4.40. The van der Waals surface area contributed by atoms with Crippen molar-refractivity contribution in [3.63, 3.8) is 0 Å². The van der Waals surface area contributed by atoms with Crippen LogP contribution in [0.25, 0.3) is 0 Å². The molecule has 2 N–H and O–H groups in total.